The molecule has 6 heteroatoms. The lowest BCUT2D eigenvalue weighted by Crippen LogP contribution is -2.46. The van der Waals surface area contributed by atoms with Gasteiger partial charge in [-0.1, -0.05) is 12.8 Å². The molecule has 1 saturated carbocycles. The van der Waals surface area contributed by atoms with E-state index in [1.807, 2.05) is 6.92 Å². The van der Waals surface area contributed by atoms with Gasteiger partial charge in [-0.2, -0.15) is 0 Å². The lowest BCUT2D eigenvalue weighted by Gasteiger charge is -2.20. The molecule has 0 aromatic rings. The standard InChI is InChI=1S/C14H22N2O4/c1-8(9(2)13(18)19)12(17)16-14(20)15-10(3)11-6-4-5-7-11/h10-11H,4-7H2,1-3H3,(H,18,19)(H2,15,16,17,20). The average Bonchev–Trinajstić information content (AvgIpc) is 2.90. The largest absolute Gasteiger partial charge is 0.478 e. The van der Waals surface area contributed by atoms with Crippen LogP contribution in [0.1, 0.15) is 46.5 Å². The fraction of sp³-hybridized carbons (Fsp3) is 0.643. The molecule has 6 nitrogen and oxygen atoms in total. The van der Waals surface area contributed by atoms with Gasteiger partial charge in [0, 0.05) is 17.2 Å². The second kappa shape index (κ2) is 7.07. The number of carbonyl (C=O) groups is 3. The van der Waals surface area contributed by atoms with Crippen molar-refractivity contribution in [2.75, 3.05) is 0 Å². The SMILES string of the molecule is CC(C(=O)O)=C(C)C(=O)NC(=O)NC(C)C1CCCC1. The molecule has 1 unspecified atom stereocenters. The van der Waals surface area contributed by atoms with Crippen molar-refractivity contribution in [2.45, 2.75) is 52.5 Å². The molecule has 3 amide bonds. The Balaban J connectivity index is 2.51. The number of nitrogens with one attached hydrogen (secondary N) is 2. The van der Waals surface area contributed by atoms with E-state index >= 15 is 0 Å². The number of hydrogen-bond donors (Lipinski definition) is 3. The van der Waals surface area contributed by atoms with Crippen LogP contribution in [0, 0.1) is 5.92 Å². The molecule has 0 saturated heterocycles. The van der Waals surface area contributed by atoms with Gasteiger partial charge in [-0.05, 0) is 39.5 Å². The van der Waals surface area contributed by atoms with E-state index in [-0.39, 0.29) is 17.2 Å². The van der Waals surface area contributed by atoms with Crippen LogP contribution in [-0.2, 0) is 9.59 Å². The number of aliphatic carboxylic acids is 1. The molecule has 112 valence electrons. The first-order valence-corrected chi connectivity index (χ1v) is 6.85. The highest BCUT2D eigenvalue weighted by Gasteiger charge is 2.23. The van der Waals surface area contributed by atoms with Gasteiger partial charge < -0.3 is 10.4 Å². The Hall–Kier alpha value is -1.85. The number of carbonyl (C=O) groups excluding carboxylic acids is 2. The third-order valence-corrected chi connectivity index (χ3v) is 3.92. The van der Waals surface area contributed by atoms with E-state index in [0.717, 1.165) is 12.8 Å². The second-order valence-electron chi connectivity index (χ2n) is 5.32. The topological polar surface area (TPSA) is 95.5 Å². The van der Waals surface area contributed by atoms with Gasteiger partial charge in [-0.25, -0.2) is 9.59 Å². The monoisotopic (exact) mass is 282 g/mol. The highest BCUT2D eigenvalue weighted by molar-refractivity contribution is 6.07. The molecule has 0 aromatic heterocycles. The third kappa shape index (κ3) is 4.36. The number of carboxylic acid groups (broad SMARTS) is 1. The van der Waals surface area contributed by atoms with Crippen molar-refractivity contribution in [1.29, 1.82) is 0 Å². The van der Waals surface area contributed by atoms with Gasteiger partial charge >= 0.3 is 12.0 Å². The van der Waals surface area contributed by atoms with E-state index in [0.29, 0.717) is 5.92 Å². The quantitative estimate of drug-likeness (QED) is 0.685. The van der Waals surface area contributed by atoms with Crippen molar-refractivity contribution in [3.63, 3.8) is 0 Å². The normalized spacial score (nSPS) is 18.1. The summed E-state index contributed by atoms with van der Waals surface area (Å²) in [4.78, 5) is 34.2. The van der Waals surface area contributed by atoms with E-state index in [9.17, 15) is 14.4 Å². The van der Waals surface area contributed by atoms with E-state index in [1.54, 1.807) is 0 Å². The Morgan fingerprint density at radius 1 is 1.10 bits per heavy atom. The summed E-state index contributed by atoms with van der Waals surface area (Å²) in [5, 5.41) is 13.7. The first-order chi connectivity index (χ1) is 9.32. The summed E-state index contributed by atoms with van der Waals surface area (Å²) in [6.07, 6.45) is 4.53. The summed E-state index contributed by atoms with van der Waals surface area (Å²) >= 11 is 0. The maximum absolute atomic E-state index is 11.7. The van der Waals surface area contributed by atoms with Gasteiger partial charge in [-0.3, -0.25) is 10.1 Å². The lowest BCUT2D eigenvalue weighted by molar-refractivity contribution is -0.133. The molecule has 20 heavy (non-hydrogen) atoms. The van der Waals surface area contributed by atoms with Crippen LogP contribution in [0.3, 0.4) is 0 Å². The Morgan fingerprint density at radius 3 is 2.15 bits per heavy atom. The zero-order valence-electron chi connectivity index (χ0n) is 12.2. The summed E-state index contributed by atoms with van der Waals surface area (Å²) in [6.45, 7) is 4.63. The van der Waals surface area contributed by atoms with Crippen molar-refractivity contribution in [3.05, 3.63) is 11.1 Å². The zero-order chi connectivity index (χ0) is 15.3. The van der Waals surface area contributed by atoms with Crippen LogP contribution in [0.25, 0.3) is 0 Å². The number of carboxylic acids is 1. The van der Waals surface area contributed by atoms with E-state index in [2.05, 4.69) is 10.6 Å². The molecule has 1 fully saturated rings. The Bertz CT molecular complexity index is 436. The van der Waals surface area contributed by atoms with Crippen LogP contribution >= 0.6 is 0 Å². The van der Waals surface area contributed by atoms with Crippen LogP contribution in [0.15, 0.2) is 11.1 Å². The summed E-state index contributed by atoms with van der Waals surface area (Å²) in [5.74, 6) is -1.40. The first kappa shape index (κ1) is 16.2. The molecular formula is C14H22N2O4. The fourth-order valence-corrected chi connectivity index (χ4v) is 2.35. The second-order valence-corrected chi connectivity index (χ2v) is 5.32. The number of imide groups is 1. The molecule has 1 aliphatic rings. The maximum Gasteiger partial charge on any atom is 0.331 e. The van der Waals surface area contributed by atoms with Crippen LogP contribution in [-0.4, -0.2) is 29.1 Å². The molecule has 3 N–H and O–H groups in total. The van der Waals surface area contributed by atoms with E-state index in [4.69, 9.17) is 5.11 Å². The number of urea groups is 1. The first-order valence-electron chi connectivity index (χ1n) is 6.85. The molecular weight excluding hydrogens is 260 g/mol. The molecule has 0 heterocycles. The van der Waals surface area contributed by atoms with Crippen molar-refractivity contribution in [2.24, 2.45) is 5.92 Å². The van der Waals surface area contributed by atoms with Gasteiger partial charge in [0.2, 0.25) is 0 Å². The van der Waals surface area contributed by atoms with Gasteiger partial charge in [0.15, 0.2) is 0 Å². The predicted octanol–water partition coefficient (Wildman–Crippen LogP) is 1.81. The highest BCUT2D eigenvalue weighted by atomic mass is 16.4. The van der Waals surface area contributed by atoms with Crippen molar-refractivity contribution in [3.8, 4) is 0 Å². The van der Waals surface area contributed by atoms with Crippen LogP contribution in [0.4, 0.5) is 4.79 Å². The minimum Gasteiger partial charge on any atom is -0.478 e. The molecule has 1 atom stereocenters. The van der Waals surface area contributed by atoms with Gasteiger partial charge in [0.1, 0.15) is 0 Å². The van der Waals surface area contributed by atoms with Crippen LogP contribution in [0.2, 0.25) is 0 Å². The van der Waals surface area contributed by atoms with Gasteiger partial charge in [-0.15, -0.1) is 0 Å². The van der Waals surface area contributed by atoms with Gasteiger partial charge in [0.05, 0.1) is 0 Å². The number of amides is 3. The smallest absolute Gasteiger partial charge is 0.331 e. The lowest BCUT2D eigenvalue weighted by atomic mass is 10.0. The summed E-state index contributed by atoms with van der Waals surface area (Å²) in [6, 6.07) is -0.568. The Kier molecular flexibility index (Phi) is 5.73. The van der Waals surface area contributed by atoms with Crippen molar-refractivity contribution < 1.29 is 19.5 Å². The van der Waals surface area contributed by atoms with E-state index in [1.165, 1.54) is 26.7 Å². The highest BCUT2D eigenvalue weighted by Crippen LogP contribution is 2.27. The average molecular weight is 282 g/mol. The Labute approximate surface area is 118 Å². The predicted molar refractivity (Wildman–Crippen MR) is 74.1 cm³/mol. The minimum atomic E-state index is -1.17. The third-order valence-electron chi connectivity index (χ3n) is 3.92. The fourth-order valence-electron chi connectivity index (χ4n) is 2.35. The molecule has 1 aliphatic carbocycles. The number of hydrogen-bond acceptors (Lipinski definition) is 3. The minimum absolute atomic E-state index is 0.00940. The van der Waals surface area contributed by atoms with Gasteiger partial charge in [0.25, 0.3) is 5.91 Å². The zero-order valence-corrected chi connectivity index (χ0v) is 12.2. The molecule has 1 rings (SSSR count). The summed E-state index contributed by atoms with van der Waals surface area (Å²) in [7, 11) is 0. The summed E-state index contributed by atoms with van der Waals surface area (Å²) < 4.78 is 0. The Morgan fingerprint density at radius 2 is 1.65 bits per heavy atom. The molecule has 0 aromatic carbocycles. The molecule has 0 aliphatic heterocycles. The molecule has 0 spiro atoms. The number of rotatable bonds is 4. The van der Waals surface area contributed by atoms with E-state index < -0.39 is 17.9 Å². The molecule has 0 bridgehead atoms. The van der Waals surface area contributed by atoms with Crippen LogP contribution in [0.5, 0.6) is 0 Å². The van der Waals surface area contributed by atoms with Crippen LogP contribution < -0.4 is 10.6 Å². The molecule has 0 radical (unpaired) electrons. The van der Waals surface area contributed by atoms with Crippen molar-refractivity contribution in [1.82, 2.24) is 10.6 Å². The van der Waals surface area contributed by atoms with Crippen molar-refractivity contribution >= 4 is 17.9 Å². The summed E-state index contributed by atoms with van der Waals surface area (Å²) in [5.41, 5.74) is -0.0414. The maximum atomic E-state index is 11.7.